The van der Waals surface area contributed by atoms with E-state index < -0.39 is 11.6 Å². The summed E-state index contributed by atoms with van der Waals surface area (Å²) < 4.78 is 31.9. The predicted octanol–water partition coefficient (Wildman–Crippen LogP) is 4.06. The van der Waals surface area contributed by atoms with E-state index in [1.54, 1.807) is 0 Å². The first-order valence-corrected chi connectivity index (χ1v) is 7.00. The third-order valence-electron chi connectivity index (χ3n) is 3.15. The van der Waals surface area contributed by atoms with Gasteiger partial charge in [-0.2, -0.15) is 0 Å². The zero-order valence-electron chi connectivity index (χ0n) is 11.1. The summed E-state index contributed by atoms with van der Waals surface area (Å²) in [6, 6.07) is 5.67. The molecular formula is C15H13ClF2N2O. The summed E-state index contributed by atoms with van der Waals surface area (Å²) in [4.78, 5) is 3.95. The standard InChI is InChI=1S/C15H13ClF2N2O/c16-13-6-10(17)1-4-14(13)21-15-9(5-11(18)8-20-15)7-19-12-2-3-12/h1,4-6,8,12,19H,2-3,7H2. The number of nitrogens with zero attached hydrogens (tertiary/aromatic N) is 1. The van der Waals surface area contributed by atoms with Gasteiger partial charge in [-0.05, 0) is 37.1 Å². The monoisotopic (exact) mass is 310 g/mol. The van der Waals surface area contributed by atoms with E-state index in [4.69, 9.17) is 16.3 Å². The van der Waals surface area contributed by atoms with Crippen LogP contribution in [0.4, 0.5) is 8.78 Å². The SMILES string of the molecule is Fc1ccc(Oc2ncc(F)cc2CNC2CC2)c(Cl)c1. The third-order valence-corrected chi connectivity index (χ3v) is 3.45. The van der Waals surface area contributed by atoms with E-state index in [-0.39, 0.29) is 16.7 Å². The second kappa shape index (κ2) is 5.95. The van der Waals surface area contributed by atoms with Crippen LogP contribution in [0.1, 0.15) is 18.4 Å². The Morgan fingerprint density at radius 3 is 2.76 bits per heavy atom. The molecule has 1 N–H and O–H groups in total. The average Bonchev–Trinajstić information content (AvgIpc) is 3.26. The maximum absolute atomic E-state index is 13.3. The van der Waals surface area contributed by atoms with Crippen LogP contribution >= 0.6 is 11.6 Å². The lowest BCUT2D eigenvalue weighted by Gasteiger charge is -2.11. The Kier molecular flexibility index (Phi) is 4.03. The van der Waals surface area contributed by atoms with Gasteiger partial charge in [-0.15, -0.1) is 0 Å². The highest BCUT2D eigenvalue weighted by Crippen LogP contribution is 2.31. The fourth-order valence-electron chi connectivity index (χ4n) is 1.89. The van der Waals surface area contributed by atoms with Crippen molar-refractivity contribution in [3.05, 3.63) is 52.7 Å². The molecule has 21 heavy (non-hydrogen) atoms. The zero-order valence-corrected chi connectivity index (χ0v) is 11.8. The smallest absolute Gasteiger partial charge is 0.223 e. The quantitative estimate of drug-likeness (QED) is 0.904. The molecule has 0 saturated heterocycles. The predicted molar refractivity (Wildman–Crippen MR) is 75.5 cm³/mol. The lowest BCUT2D eigenvalue weighted by molar-refractivity contribution is 0.447. The van der Waals surface area contributed by atoms with E-state index in [1.165, 1.54) is 18.2 Å². The number of aromatic nitrogens is 1. The van der Waals surface area contributed by atoms with E-state index in [9.17, 15) is 8.78 Å². The largest absolute Gasteiger partial charge is 0.437 e. The number of halogens is 3. The summed E-state index contributed by atoms with van der Waals surface area (Å²) in [7, 11) is 0. The highest BCUT2D eigenvalue weighted by molar-refractivity contribution is 6.32. The van der Waals surface area contributed by atoms with Gasteiger partial charge in [0.2, 0.25) is 5.88 Å². The minimum absolute atomic E-state index is 0.141. The first-order valence-electron chi connectivity index (χ1n) is 6.62. The van der Waals surface area contributed by atoms with Crippen LogP contribution in [-0.2, 0) is 6.54 Å². The van der Waals surface area contributed by atoms with Gasteiger partial charge in [-0.25, -0.2) is 13.8 Å². The van der Waals surface area contributed by atoms with Crippen LogP contribution in [0, 0.1) is 11.6 Å². The summed E-state index contributed by atoms with van der Waals surface area (Å²) in [6.07, 6.45) is 3.33. The van der Waals surface area contributed by atoms with Crippen LogP contribution in [-0.4, -0.2) is 11.0 Å². The van der Waals surface area contributed by atoms with E-state index in [0.717, 1.165) is 25.1 Å². The highest BCUT2D eigenvalue weighted by atomic mass is 35.5. The molecule has 0 atom stereocenters. The number of hydrogen-bond acceptors (Lipinski definition) is 3. The lowest BCUT2D eigenvalue weighted by atomic mass is 10.2. The van der Waals surface area contributed by atoms with Gasteiger partial charge in [0.25, 0.3) is 0 Å². The van der Waals surface area contributed by atoms with Crippen molar-refractivity contribution in [3.8, 4) is 11.6 Å². The average molecular weight is 311 g/mol. The molecule has 1 aliphatic rings. The zero-order chi connectivity index (χ0) is 14.8. The normalized spacial score (nSPS) is 14.2. The first-order chi connectivity index (χ1) is 10.1. The molecule has 3 rings (SSSR count). The molecule has 0 radical (unpaired) electrons. The minimum Gasteiger partial charge on any atom is -0.437 e. The van der Waals surface area contributed by atoms with Crippen molar-refractivity contribution >= 4 is 11.6 Å². The Morgan fingerprint density at radius 1 is 1.24 bits per heavy atom. The Morgan fingerprint density at radius 2 is 2.05 bits per heavy atom. The molecule has 0 aliphatic heterocycles. The molecule has 1 heterocycles. The van der Waals surface area contributed by atoms with Crippen molar-refractivity contribution in [2.75, 3.05) is 0 Å². The fourth-order valence-corrected chi connectivity index (χ4v) is 2.10. The summed E-state index contributed by atoms with van der Waals surface area (Å²) in [5, 5.41) is 3.41. The number of ether oxygens (including phenoxy) is 1. The van der Waals surface area contributed by atoms with Crippen LogP contribution < -0.4 is 10.1 Å². The Balaban J connectivity index is 1.82. The molecule has 0 amide bonds. The summed E-state index contributed by atoms with van der Waals surface area (Å²) in [5.74, 6) is -0.335. The van der Waals surface area contributed by atoms with E-state index in [2.05, 4.69) is 10.3 Å². The summed E-state index contributed by atoms with van der Waals surface area (Å²) in [5.41, 5.74) is 0.599. The molecule has 1 aromatic heterocycles. The summed E-state index contributed by atoms with van der Waals surface area (Å²) >= 11 is 5.92. The molecule has 1 aliphatic carbocycles. The molecular weight excluding hydrogens is 298 g/mol. The number of rotatable bonds is 5. The topological polar surface area (TPSA) is 34.1 Å². The molecule has 1 fully saturated rings. The van der Waals surface area contributed by atoms with Gasteiger partial charge in [0.1, 0.15) is 17.4 Å². The second-order valence-corrected chi connectivity index (χ2v) is 5.36. The number of nitrogens with one attached hydrogen (secondary N) is 1. The van der Waals surface area contributed by atoms with Crippen LogP contribution in [0.25, 0.3) is 0 Å². The van der Waals surface area contributed by atoms with Crippen molar-refractivity contribution in [3.63, 3.8) is 0 Å². The minimum atomic E-state index is -0.449. The molecule has 110 valence electrons. The van der Waals surface area contributed by atoms with Crippen molar-refractivity contribution in [2.45, 2.75) is 25.4 Å². The number of hydrogen-bond donors (Lipinski definition) is 1. The van der Waals surface area contributed by atoms with E-state index >= 15 is 0 Å². The van der Waals surface area contributed by atoms with Crippen LogP contribution in [0.3, 0.4) is 0 Å². The number of pyridine rings is 1. The fraction of sp³-hybridized carbons (Fsp3) is 0.267. The maximum atomic E-state index is 13.3. The van der Waals surface area contributed by atoms with Gasteiger partial charge in [-0.3, -0.25) is 0 Å². The van der Waals surface area contributed by atoms with Gasteiger partial charge in [0, 0.05) is 18.2 Å². The molecule has 3 nitrogen and oxygen atoms in total. The van der Waals surface area contributed by atoms with Gasteiger partial charge >= 0.3 is 0 Å². The van der Waals surface area contributed by atoms with Crippen LogP contribution in [0.15, 0.2) is 30.5 Å². The molecule has 0 spiro atoms. The molecule has 1 aromatic carbocycles. The Labute approximate surface area is 125 Å². The van der Waals surface area contributed by atoms with Crippen molar-refractivity contribution < 1.29 is 13.5 Å². The molecule has 1 saturated carbocycles. The van der Waals surface area contributed by atoms with Crippen molar-refractivity contribution in [1.29, 1.82) is 0 Å². The molecule has 0 bridgehead atoms. The lowest BCUT2D eigenvalue weighted by Crippen LogP contribution is -2.16. The Bertz CT molecular complexity index is 662. The molecule has 0 unspecified atom stereocenters. The van der Waals surface area contributed by atoms with Gasteiger partial charge in [0.05, 0.1) is 11.2 Å². The highest BCUT2D eigenvalue weighted by Gasteiger charge is 2.21. The van der Waals surface area contributed by atoms with E-state index in [0.29, 0.717) is 18.2 Å². The summed E-state index contributed by atoms with van der Waals surface area (Å²) in [6.45, 7) is 0.462. The van der Waals surface area contributed by atoms with Crippen molar-refractivity contribution in [1.82, 2.24) is 10.3 Å². The third kappa shape index (κ3) is 3.68. The number of benzene rings is 1. The Hall–Kier alpha value is -1.72. The molecule has 6 heteroatoms. The molecule has 2 aromatic rings. The van der Waals surface area contributed by atoms with Crippen LogP contribution in [0.5, 0.6) is 11.6 Å². The van der Waals surface area contributed by atoms with Gasteiger partial charge in [-0.1, -0.05) is 11.6 Å². The van der Waals surface area contributed by atoms with Crippen LogP contribution in [0.2, 0.25) is 5.02 Å². The van der Waals surface area contributed by atoms with Gasteiger partial charge < -0.3 is 10.1 Å². The second-order valence-electron chi connectivity index (χ2n) is 4.95. The van der Waals surface area contributed by atoms with Crippen molar-refractivity contribution in [2.24, 2.45) is 0 Å². The first kappa shape index (κ1) is 14.2. The maximum Gasteiger partial charge on any atom is 0.223 e. The van der Waals surface area contributed by atoms with Gasteiger partial charge in [0.15, 0.2) is 0 Å². The van der Waals surface area contributed by atoms with E-state index in [1.807, 2.05) is 0 Å².